The van der Waals surface area contributed by atoms with Crippen molar-refractivity contribution in [1.29, 1.82) is 0 Å². The lowest BCUT2D eigenvalue weighted by molar-refractivity contribution is 0.0769. The van der Waals surface area contributed by atoms with Gasteiger partial charge in [-0.2, -0.15) is 0 Å². The Morgan fingerprint density at radius 3 is 2.43 bits per heavy atom. The van der Waals surface area contributed by atoms with E-state index in [0.717, 1.165) is 13.0 Å². The molecule has 1 fully saturated rings. The molecular weight excluding hydrogens is 533 g/mol. The van der Waals surface area contributed by atoms with Crippen LogP contribution in [0.2, 0.25) is 15.1 Å². The van der Waals surface area contributed by atoms with E-state index in [0.29, 0.717) is 60.5 Å². The van der Waals surface area contributed by atoms with Crippen LogP contribution in [0.5, 0.6) is 0 Å². The van der Waals surface area contributed by atoms with Crippen molar-refractivity contribution >= 4 is 57.5 Å². The van der Waals surface area contributed by atoms with Crippen LogP contribution in [-0.4, -0.2) is 52.9 Å². The number of halogens is 3. The van der Waals surface area contributed by atoms with Crippen molar-refractivity contribution in [1.82, 2.24) is 20.2 Å². The lowest BCUT2D eigenvalue weighted by Crippen LogP contribution is -2.50. The molecule has 0 aliphatic carbocycles. The number of primary amides is 1. The van der Waals surface area contributed by atoms with Crippen LogP contribution in [0.3, 0.4) is 0 Å². The molecule has 4 aromatic rings. The summed E-state index contributed by atoms with van der Waals surface area (Å²) in [7, 11) is 1.78. The molecule has 0 radical (unpaired) electrons. The Kier molecular flexibility index (Phi) is 7.05. The van der Waals surface area contributed by atoms with Gasteiger partial charge >= 0.3 is 0 Å². The fourth-order valence-electron chi connectivity index (χ4n) is 4.39. The number of pyridine rings is 2. The highest BCUT2D eigenvalue weighted by atomic mass is 35.5. The molecule has 2 aromatic carbocycles. The van der Waals surface area contributed by atoms with Crippen LogP contribution >= 0.6 is 34.8 Å². The summed E-state index contributed by atoms with van der Waals surface area (Å²) in [5.74, 6) is -0.836. The first-order valence-electron chi connectivity index (χ1n) is 11.6. The van der Waals surface area contributed by atoms with E-state index >= 15 is 0 Å². The summed E-state index contributed by atoms with van der Waals surface area (Å²) in [6, 6.07) is 13.8. The Labute approximate surface area is 228 Å². The lowest BCUT2D eigenvalue weighted by atomic mass is 9.95. The van der Waals surface area contributed by atoms with E-state index in [1.54, 1.807) is 60.6 Å². The van der Waals surface area contributed by atoms with E-state index in [-0.39, 0.29) is 17.6 Å². The monoisotopic (exact) mass is 553 g/mol. The minimum atomic E-state index is -0.664. The summed E-state index contributed by atoms with van der Waals surface area (Å²) < 4.78 is 0. The zero-order chi connectivity index (χ0) is 26.3. The second-order valence-electron chi connectivity index (χ2n) is 8.95. The number of hydrogen-bond donors (Lipinski definition) is 2. The zero-order valence-corrected chi connectivity index (χ0v) is 22.0. The minimum Gasteiger partial charge on any atom is -0.364 e. The number of aromatic nitrogens is 2. The predicted octanol–water partition coefficient (Wildman–Crippen LogP) is 5.46. The van der Waals surface area contributed by atoms with Gasteiger partial charge in [-0.15, -0.1) is 0 Å². The molecular formula is C27H22Cl3N5O2. The largest absolute Gasteiger partial charge is 0.364 e. The van der Waals surface area contributed by atoms with Crippen LogP contribution < -0.4 is 11.1 Å². The van der Waals surface area contributed by atoms with Crippen molar-refractivity contribution in [2.45, 2.75) is 12.5 Å². The molecule has 188 valence electrons. The van der Waals surface area contributed by atoms with E-state index in [2.05, 4.69) is 15.3 Å². The zero-order valence-electron chi connectivity index (χ0n) is 19.8. The predicted molar refractivity (Wildman–Crippen MR) is 147 cm³/mol. The van der Waals surface area contributed by atoms with E-state index in [9.17, 15) is 9.59 Å². The molecule has 0 spiro atoms. The van der Waals surface area contributed by atoms with E-state index in [1.807, 2.05) is 0 Å². The summed E-state index contributed by atoms with van der Waals surface area (Å²) >= 11 is 19.0. The number of amides is 2. The quantitative estimate of drug-likeness (QED) is 0.330. The van der Waals surface area contributed by atoms with E-state index < -0.39 is 5.91 Å². The lowest BCUT2D eigenvalue weighted by Gasteiger charge is -2.32. The average molecular weight is 555 g/mol. The summed E-state index contributed by atoms with van der Waals surface area (Å²) in [5.41, 5.74) is 8.84. The third kappa shape index (κ3) is 5.13. The Morgan fingerprint density at radius 1 is 1.05 bits per heavy atom. The number of rotatable bonds is 6. The Balaban J connectivity index is 1.73. The standard InChI is InChI=1S/C27H22Cl3N5O2/c1-35(13-18-6-7-32-18)27(37)24-19-10-14(25-21(30)3-5-23(34-25)26(31)36)2-4-22(19)33-12-20(24)15-8-16(28)11-17(29)9-15/h2-5,8-12,18,32H,6-7,13H2,1H3,(H2,31,36)/t18-/m0/s1. The van der Waals surface area contributed by atoms with Crippen molar-refractivity contribution in [3.05, 3.63) is 81.1 Å². The first-order chi connectivity index (χ1) is 17.7. The molecule has 1 aliphatic heterocycles. The first kappa shape index (κ1) is 25.4. The van der Waals surface area contributed by atoms with Gasteiger partial charge in [0.25, 0.3) is 11.8 Å². The van der Waals surface area contributed by atoms with E-state index in [4.69, 9.17) is 40.5 Å². The fourth-order valence-corrected chi connectivity index (χ4v) is 5.13. The fraction of sp³-hybridized carbons (Fsp3) is 0.185. The number of carbonyl (C=O) groups excluding carboxylic acids is 2. The van der Waals surface area contributed by atoms with Crippen LogP contribution in [0.4, 0.5) is 0 Å². The maximum atomic E-state index is 14.0. The summed E-state index contributed by atoms with van der Waals surface area (Å²) in [5, 5.41) is 5.17. The maximum Gasteiger partial charge on any atom is 0.267 e. The van der Waals surface area contributed by atoms with Gasteiger partial charge in [0.15, 0.2) is 0 Å². The van der Waals surface area contributed by atoms with Gasteiger partial charge in [-0.1, -0.05) is 40.9 Å². The smallest absolute Gasteiger partial charge is 0.267 e. The average Bonchev–Trinajstić information content (AvgIpc) is 2.84. The van der Waals surface area contributed by atoms with Crippen molar-refractivity contribution in [2.24, 2.45) is 5.73 Å². The molecule has 1 aliphatic rings. The van der Waals surface area contributed by atoms with Crippen molar-refractivity contribution in [2.75, 3.05) is 20.1 Å². The molecule has 10 heteroatoms. The van der Waals surface area contributed by atoms with Gasteiger partial charge in [-0.3, -0.25) is 14.6 Å². The van der Waals surface area contributed by atoms with Gasteiger partial charge in [0, 0.05) is 52.4 Å². The highest BCUT2D eigenvalue weighted by Gasteiger charge is 2.26. The molecule has 7 nitrogen and oxygen atoms in total. The number of likely N-dealkylation sites (N-methyl/N-ethyl adjacent to an activating group) is 1. The topological polar surface area (TPSA) is 101 Å². The number of nitrogens with one attached hydrogen (secondary N) is 1. The van der Waals surface area contributed by atoms with Crippen LogP contribution in [0.25, 0.3) is 33.3 Å². The van der Waals surface area contributed by atoms with Gasteiger partial charge in [0.05, 0.1) is 21.8 Å². The number of nitrogens with zero attached hydrogens (tertiary/aromatic N) is 3. The van der Waals surface area contributed by atoms with Crippen molar-refractivity contribution < 1.29 is 9.59 Å². The molecule has 37 heavy (non-hydrogen) atoms. The number of benzene rings is 2. The third-order valence-corrected chi connectivity index (χ3v) is 7.14. The summed E-state index contributed by atoms with van der Waals surface area (Å²) in [6.45, 7) is 1.50. The molecule has 2 aromatic heterocycles. The second kappa shape index (κ2) is 10.3. The maximum absolute atomic E-state index is 14.0. The van der Waals surface area contributed by atoms with Crippen LogP contribution in [-0.2, 0) is 0 Å². The SMILES string of the molecule is CN(C[C@@H]1CCN1)C(=O)c1c(-c2cc(Cl)cc(Cl)c2)cnc2ccc(-c3nc(C(N)=O)ccc3Cl)cc12. The minimum absolute atomic E-state index is 0.0870. The Morgan fingerprint density at radius 2 is 1.78 bits per heavy atom. The van der Waals surface area contributed by atoms with Gasteiger partial charge in [0.2, 0.25) is 0 Å². The molecule has 1 saturated heterocycles. The number of carbonyl (C=O) groups is 2. The second-order valence-corrected chi connectivity index (χ2v) is 10.2. The molecule has 5 rings (SSSR count). The number of hydrogen-bond acceptors (Lipinski definition) is 5. The summed E-state index contributed by atoms with van der Waals surface area (Å²) in [6.07, 6.45) is 2.67. The first-order valence-corrected chi connectivity index (χ1v) is 12.7. The van der Waals surface area contributed by atoms with Crippen molar-refractivity contribution in [3.63, 3.8) is 0 Å². The molecule has 3 heterocycles. The summed E-state index contributed by atoms with van der Waals surface area (Å²) in [4.78, 5) is 36.4. The van der Waals surface area contributed by atoms with Crippen molar-refractivity contribution in [3.8, 4) is 22.4 Å². The molecule has 0 saturated carbocycles. The Bertz CT molecular complexity index is 1530. The molecule has 0 bridgehead atoms. The highest BCUT2D eigenvalue weighted by molar-refractivity contribution is 6.35. The van der Waals surface area contributed by atoms with Gasteiger partial charge in [0.1, 0.15) is 5.69 Å². The molecule has 0 unspecified atom stereocenters. The molecule has 2 amide bonds. The number of fused-ring (bicyclic) bond motifs is 1. The molecule has 3 N–H and O–H groups in total. The highest BCUT2D eigenvalue weighted by Crippen LogP contribution is 2.36. The van der Waals surface area contributed by atoms with Crippen LogP contribution in [0.15, 0.2) is 54.7 Å². The van der Waals surface area contributed by atoms with Gasteiger partial charge in [-0.05, 0) is 61.0 Å². The van der Waals surface area contributed by atoms with Gasteiger partial charge in [-0.25, -0.2) is 4.98 Å². The van der Waals surface area contributed by atoms with E-state index in [1.165, 1.54) is 6.07 Å². The third-order valence-electron chi connectivity index (χ3n) is 6.39. The Hall–Kier alpha value is -3.23. The van der Waals surface area contributed by atoms with Crippen LogP contribution in [0.1, 0.15) is 27.3 Å². The number of nitrogens with two attached hydrogens (primary N) is 1. The van der Waals surface area contributed by atoms with Gasteiger partial charge < -0.3 is 16.0 Å². The molecule has 1 atom stereocenters. The van der Waals surface area contributed by atoms with Crippen LogP contribution in [0, 0.1) is 0 Å². The normalized spacial score (nSPS) is 14.9.